The van der Waals surface area contributed by atoms with Gasteiger partial charge in [0.25, 0.3) is 0 Å². The van der Waals surface area contributed by atoms with Crippen molar-refractivity contribution < 1.29 is 4.74 Å². The minimum absolute atomic E-state index is 0.312. The zero-order chi connectivity index (χ0) is 12.7. The Kier molecular flexibility index (Phi) is 6.45. The van der Waals surface area contributed by atoms with Gasteiger partial charge in [-0.1, -0.05) is 26.7 Å². The Bertz CT molecular complexity index is 206. The molecule has 1 fully saturated rings. The summed E-state index contributed by atoms with van der Waals surface area (Å²) in [5.74, 6) is 0.682. The van der Waals surface area contributed by atoms with Gasteiger partial charge in [0.15, 0.2) is 0 Å². The predicted octanol–water partition coefficient (Wildman–Crippen LogP) is 2.16. The first kappa shape index (κ1) is 14.9. The highest BCUT2D eigenvalue weighted by molar-refractivity contribution is 4.83. The van der Waals surface area contributed by atoms with Crippen molar-refractivity contribution in [3.05, 3.63) is 0 Å². The fraction of sp³-hybridized carbons (Fsp3) is 1.00. The maximum atomic E-state index is 5.85. The Labute approximate surface area is 106 Å². The number of methoxy groups -OCH3 is 1. The molecular weight excluding hydrogens is 212 g/mol. The summed E-state index contributed by atoms with van der Waals surface area (Å²) in [5.41, 5.74) is 6.17. The van der Waals surface area contributed by atoms with Gasteiger partial charge >= 0.3 is 0 Å². The second-order valence-electron chi connectivity index (χ2n) is 6.17. The lowest BCUT2D eigenvalue weighted by Crippen LogP contribution is -2.45. The Hall–Kier alpha value is -0.120. The van der Waals surface area contributed by atoms with Crippen LogP contribution < -0.4 is 11.1 Å². The third-order valence-electron chi connectivity index (χ3n) is 4.04. The molecule has 3 heteroatoms. The molecule has 0 heterocycles. The Morgan fingerprint density at radius 1 is 1.29 bits per heavy atom. The van der Waals surface area contributed by atoms with E-state index in [1.54, 1.807) is 7.11 Å². The van der Waals surface area contributed by atoms with Crippen LogP contribution in [0.15, 0.2) is 0 Å². The molecular formula is C14H30N2O. The van der Waals surface area contributed by atoms with Gasteiger partial charge in [-0.25, -0.2) is 0 Å². The van der Waals surface area contributed by atoms with E-state index in [2.05, 4.69) is 19.2 Å². The van der Waals surface area contributed by atoms with Crippen LogP contribution in [0.2, 0.25) is 0 Å². The second-order valence-corrected chi connectivity index (χ2v) is 6.17. The molecule has 0 bridgehead atoms. The molecule has 0 aliphatic heterocycles. The van der Waals surface area contributed by atoms with Crippen molar-refractivity contribution in [3.63, 3.8) is 0 Å². The summed E-state index contributed by atoms with van der Waals surface area (Å²) < 4.78 is 5.16. The monoisotopic (exact) mass is 242 g/mol. The molecule has 17 heavy (non-hydrogen) atoms. The highest BCUT2D eigenvalue weighted by atomic mass is 16.5. The van der Waals surface area contributed by atoms with Gasteiger partial charge in [-0.05, 0) is 37.1 Å². The van der Waals surface area contributed by atoms with E-state index in [4.69, 9.17) is 10.5 Å². The van der Waals surface area contributed by atoms with E-state index in [1.165, 1.54) is 25.7 Å². The lowest BCUT2D eigenvalue weighted by molar-refractivity contribution is 0.143. The van der Waals surface area contributed by atoms with Gasteiger partial charge in [-0.2, -0.15) is 0 Å². The van der Waals surface area contributed by atoms with Crippen molar-refractivity contribution >= 4 is 0 Å². The average Bonchev–Trinajstić information content (AvgIpc) is 2.34. The third-order valence-corrected chi connectivity index (χ3v) is 4.04. The molecule has 0 saturated heterocycles. The third kappa shape index (κ3) is 5.36. The summed E-state index contributed by atoms with van der Waals surface area (Å²) >= 11 is 0. The number of hydrogen-bond donors (Lipinski definition) is 2. The molecule has 0 spiro atoms. The smallest absolute Gasteiger partial charge is 0.0467 e. The minimum Gasteiger partial charge on any atom is -0.385 e. The molecule has 0 aromatic heterocycles. The molecule has 1 rings (SSSR count). The topological polar surface area (TPSA) is 47.3 Å². The van der Waals surface area contributed by atoms with Gasteiger partial charge in [-0.15, -0.1) is 0 Å². The van der Waals surface area contributed by atoms with E-state index in [0.717, 1.165) is 26.1 Å². The quantitative estimate of drug-likeness (QED) is 0.719. The van der Waals surface area contributed by atoms with Gasteiger partial charge < -0.3 is 15.8 Å². The Morgan fingerprint density at radius 2 is 2.00 bits per heavy atom. The van der Waals surface area contributed by atoms with Gasteiger partial charge in [-0.3, -0.25) is 0 Å². The van der Waals surface area contributed by atoms with E-state index in [9.17, 15) is 0 Å². The summed E-state index contributed by atoms with van der Waals surface area (Å²) in [6.45, 7) is 7.35. The van der Waals surface area contributed by atoms with E-state index in [0.29, 0.717) is 17.4 Å². The fourth-order valence-electron chi connectivity index (χ4n) is 2.63. The Balaban J connectivity index is 2.32. The zero-order valence-electron chi connectivity index (χ0n) is 11.8. The summed E-state index contributed by atoms with van der Waals surface area (Å²) in [5, 5.41) is 3.74. The van der Waals surface area contributed by atoms with Crippen molar-refractivity contribution in [3.8, 4) is 0 Å². The largest absolute Gasteiger partial charge is 0.385 e. The number of rotatable bonds is 7. The lowest BCUT2D eigenvalue weighted by atomic mass is 9.83. The average molecular weight is 242 g/mol. The van der Waals surface area contributed by atoms with Crippen molar-refractivity contribution in [2.24, 2.45) is 17.1 Å². The van der Waals surface area contributed by atoms with Crippen LogP contribution in [0.4, 0.5) is 0 Å². The summed E-state index contributed by atoms with van der Waals surface area (Å²) in [6.07, 6.45) is 6.41. The first-order chi connectivity index (χ1) is 8.09. The molecule has 3 nitrogen and oxygen atoms in total. The molecule has 2 atom stereocenters. The highest BCUT2D eigenvalue weighted by Gasteiger charge is 2.26. The summed E-state index contributed by atoms with van der Waals surface area (Å²) in [7, 11) is 1.77. The van der Waals surface area contributed by atoms with Gasteiger partial charge in [0.05, 0.1) is 0 Å². The van der Waals surface area contributed by atoms with Crippen molar-refractivity contribution in [2.75, 3.05) is 26.8 Å². The first-order valence-corrected chi connectivity index (χ1v) is 7.01. The van der Waals surface area contributed by atoms with E-state index in [-0.39, 0.29) is 0 Å². The lowest BCUT2D eigenvalue weighted by Gasteiger charge is -2.35. The minimum atomic E-state index is 0.312. The SMILES string of the molecule is COCCC(C)(C)CNC1CCCCC1CN. The molecule has 1 aliphatic rings. The molecule has 0 aromatic rings. The van der Waals surface area contributed by atoms with Crippen LogP contribution >= 0.6 is 0 Å². The molecule has 1 saturated carbocycles. The highest BCUT2D eigenvalue weighted by Crippen LogP contribution is 2.25. The summed E-state index contributed by atoms with van der Waals surface area (Å²) in [4.78, 5) is 0. The number of ether oxygens (including phenoxy) is 1. The van der Waals surface area contributed by atoms with Crippen LogP contribution in [-0.4, -0.2) is 32.8 Å². The van der Waals surface area contributed by atoms with Crippen molar-refractivity contribution in [2.45, 2.75) is 52.0 Å². The van der Waals surface area contributed by atoms with Gasteiger partial charge in [0.1, 0.15) is 0 Å². The maximum absolute atomic E-state index is 5.85. The van der Waals surface area contributed by atoms with Crippen LogP contribution in [0.25, 0.3) is 0 Å². The van der Waals surface area contributed by atoms with Crippen LogP contribution in [0.3, 0.4) is 0 Å². The fourth-order valence-corrected chi connectivity index (χ4v) is 2.63. The van der Waals surface area contributed by atoms with Gasteiger partial charge in [0.2, 0.25) is 0 Å². The van der Waals surface area contributed by atoms with E-state index in [1.807, 2.05) is 0 Å². The molecule has 3 N–H and O–H groups in total. The zero-order valence-corrected chi connectivity index (χ0v) is 11.8. The molecule has 0 aromatic carbocycles. The van der Waals surface area contributed by atoms with Crippen molar-refractivity contribution in [1.82, 2.24) is 5.32 Å². The molecule has 1 aliphatic carbocycles. The molecule has 102 valence electrons. The predicted molar refractivity (Wildman–Crippen MR) is 73.1 cm³/mol. The summed E-state index contributed by atoms with van der Waals surface area (Å²) in [6, 6.07) is 0.635. The van der Waals surface area contributed by atoms with Gasteiger partial charge in [0, 0.05) is 26.3 Å². The van der Waals surface area contributed by atoms with E-state index < -0.39 is 0 Å². The normalized spacial score (nSPS) is 26.1. The Morgan fingerprint density at radius 3 is 2.65 bits per heavy atom. The molecule has 0 radical (unpaired) electrons. The van der Waals surface area contributed by atoms with Crippen LogP contribution in [0.1, 0.15) is 46.0 Å². The van der Waals surface area contributed by atoms with Crippen LogP contribution in [-0.2, 0) is 4.74 Å². The number of nitrogens with one attached hydrogen (secondary N) is 1. The maximum Gasteiger partial charge on any atom is 0.0467 e. The number of hydrogen-bond acceptors (Lipinski definition) is 3. The molecule has 2 unspecified atom stereocenters. The van der Waals surface area contributed by atoms with E-state index >= 15 is 0 Å². The standard InChI is InChI=1S/C14H30N2O/c1-14(2,8-9-17-3)11-16-13-7-5-4-6-12(13)10-15/h12-13,16H,4-11,15H2,1-3H3. The molecule has 0 amide bonds. The van der Waals surface area contributed by atoms with Crippen LogP contribution in [0, 0.1) is 11.3 Å². The van der Waals surface area contributed by atoms with Crippen LogP contribution in [0.5, 0.6) is 0 Å². The first-order valence-electron chi connectivity index (χ1n) is 7.01. The second kappa shape index (κ2) is 7.34. The number of nitrogens with two attached hydrogens (primary N) is 1. The van der Waals surface area contributed by atoms with Crippen molar-refractivity contribution in [1.29, 1.82) is 0 Å².